The highest BCUT2D eigenvalue weighted by Gasteiger charge is 2.40. The average Bonchev–Trinajstić information content (AvgIpc) is 3.50. The molecule has 2 heteroatoms. The number of benzene rings is 4. The molecule has 4 aromatic carbocycles. The maximum atomic E-state index is 2.66. The van der Waals surface area contributed by atoms with Crippen LogP contribution in [-0.2, 0) is 17.3 Å². The fraction of sp³-hybridized carbons (Fsp3) is 0.256. The molecule has 0 radical (unpaired) electrons. The molecule has 1 unspecified atom stereocenters. The van der Waals surface area contributed by atoms with Crippen LogP contribution in [0.25, 0.3) is 28.2 Å². The van der Waals surface area contributed by atoms with Gasteiger partial charge >= 0.3 is 0 Å². The van der Waals surface area contributed by atoms with Gasteiger partial charge in [-0.15, -0.1) is 0 Å². The second-order valence-electron chi connectivity index (χ2n) is 14.6. The van der Waals surface area contributed by atoms with Gasteiger partial charge in [0.15, 0.2) is 0 Å². The van der Waals surface area contributed by atoms with Crippen LogP contribution in [0.15, 0.2) is 114 Å². The van der Waals surface area contributed by atoms with E-state index in [0.717, 1.165) is 19.3 Å². The average molecular weight is 585 g/mol. The SMILES string of the molecule is Cc1ccc(N(C2=CC3=C(CC2)c2ccccc2C3(C)C)C2C=Cc3c(c4cccc5c4n3-c3ccccc3C5(C)C)C2)cc1. The highest BCUT2D eigenvalue weighted by atomic mass is 15.2. The molecule has 0 saturated carbocycles. The van der Waals surface area contributed by atoms with Crippen molar-refractivity contribution in [2.24, 2.45) is 0 Å². The Balaban J connectivity index is 1.20. The third kappa shape index (κ3) is 3.63. The van der Waals surface area contributed by atoms with Crippen LogP contribution in [0.1, 0.15) is 79.6 Å². The van der Waals surface area contributed by atoms with Gasteiger partial charge in [-0.25, -0.2) is 0 Å². The van der Waals surface area contributed by atoms with Gasteiger partial charge in [-0.3, -0.25) is 0 Å². The molecule has 9 rings (SSSR count). The van der Waals surface area contributed by atoms with Gasteiger partial charge in [0.1, 0.15) is 0 Å². The lowest BCUT2D eigenvalue weighted by atomic mass is 9.74. The minimum absolute atomic E-state index is 0.00534. The Labute approximate surface area is 267 Å². The topological polar surface area (TPSA) is 8.17 Å². The van der Waals surface area contributed by atoms with E-state index in [1.165, 1.54) is 72.6 Å². The van der Waals surface area contributed by atoms with Crippen molar-refractivity contribution in [2.45, 2.75) is 70.8 Å². The number of aromatic nitrogens is 1. The molecular weight excluding hydrogens is 544 g/mol. The van der Waals surface area contributed by atoms with Crippen LogP contribution < -0.4 is 4.90 Å². The quantitative estimate of drug-likeness (QED) is 0.205. The minimum atomic E-state index is -0.0475. The fourth-order valence-corrected chi connectivity index (χ4v) is 9.02. The minimum Gasteiger partial charge on any atom is -0.338 e. The predicted octanol–water partition coefficient (Wildman–Crippen LogP) is 10.4. The predicted molar refractivity (Wildman–Crippen MR) is 189 cm³/mol. The Bertz CT molecular complexity index is 2140. The van der Waals surface area contributed by atoms with Gasteiger partial charge in [0.2, 0.25) is 0 Å². The molecule has 1 atom stereocenters. The molecule has 1 aromatic heterocycles. The number of anilines is 1. The first-order valence-corrected chi connectivity index (χ1v) is 16.6. The van der Waals surface area contributed by atoms with E-state index in [2.05, 4.69) is 153 Å². The smallest absolute Gasteiger partial charge is 0.0578 e. The molecule has 2 heterocycles. The number of rotatable bonds is 3. The summed E-state index contributed by atoms with van der Waals surface area (Å²) in [6.45, 7) is 11.8. The van der Waals surface area contributed by atoms with Crippen molar-refractivity contribution in [1.29, 1.82) is 0 Å². The number of nitrogens with zero attached hydrogens (tertiary/aromatic N) is 2. The van der Waals surface area contributed by atoms with Crippen molar-refractivity contribution in [3.05, 3.63) is 153 Å². The summed E-state index contributed by atoms with van der Waals surface area (Å²) in [6.07, 6.45) is 10.6. The Morgan fingerprint density at radius 1 is 0.733 bits per heavy atom. The molecule has 1 aliphatic heterocycles. The summed E-state index contributed by atoms with van der Waals surface area (Å²) in [5.41, 5.74) is 18.3. The summed E-state index contributed by atoms with van der Waals surface area (Å²) in [5.74, 6) is 0. The van der Waals surface area contributed by atoms with Gasteiger partial charge in [0.25, 0.3) is 0 Å². The summed E-state index contributed by atoms with van der Waals surface area (Å²) in [5, 5.41) is 1.40. The third-order valence-corrected chi connectivity index (χ3v) is 11.3. The fourth-order valence-electron chi connectivity index (χ4n) is 9.02. The number of hydrogen-bond donors (Lipinski definition) is 0. The van der Waals surface area contributed by atoms with E-state index in [0.29, 0.717) is 0 Å². The standard InChI is InChI=1S/C43H40N2/c1-27-17-19-28(20-18-27)44(30-21-23-32-31-11-6-7-13-35(31)42(2,3)38(32)26-30)29-22-24-39-34(25-29)33-12-10-15-37-41(33)45(39)40-16-9-8-14-36(40)43(37,4)5/h6-20,22,24,26,29H,21,23,25H2,1-5H3. The lowest BCUT2D eigenvalue weighted by Crippen LogP contribution is -2.37. The zero-order valence-corrected chi connectivity index (χ0v) is 27.0. The summed E-state index contributed by atoms with van der Waals surface area (Å²) in [7, 11) is 0. The van der Waals surface area contributed by atoms with E-state index in [1.807, 2.05) is 0 Å². The van der Waals surface area contributed by atoms with Crippen LogP contribution in [0.2, 0.25) is 0 Å². The highest BCUT2D eigenvalue weighted by molar-refractivity contribution is 5.96. The van der Waals surface area contributed by atoms with Gasteiger partial charge in [0, 0.05) is 33.3 Å². The molecule has 3 aliphatic carbocycles. The number of para-hydroxylation sites is 2. The van der Waals surface area contributed by atoms with Crippen LogP contribution in [0.5, 0.6) is 0 Å². The summed E-state index contributed by atoms with van der Waals surface area (Å²) in [6, 6.07) is 34.5. The molecule has 0 N–H and O–H groups in total. The van der Waals surface area contributed by atoms with Crippen LogP contribution in [0.4, 0.5) is 5.69 Å². The Morgan fingerprint density at radius 2 is 1.47 bits per heavy atom. The van der Waals surface area contributed by atoms with E-state index >= 15 is 0 Å². The van der Waals surface area contributed by atoms with E-state index in [-0.39, 0.29) is 16.9 Å². The Morgan fingerprint density at radius 3 is 2.29 bits per heavy atom. The van der Waals surface area contributed by atoms with E-state index in [9.17, 15) is 0 Å². The van der Waals surface area contributed by atoms with Crippen LogP contribution in [0, 0.1) is 6.92 Å². The molecule has 0 fully saturated rings. The van der Waals surface area contributed by atoms with E-state index < -0.39 is 0 Å². The zero-order valence-electron chi connectivity index (χ0n) is 27.0. The number of allylic oxidation sites excluding steroid dienone is 4. The first kappa shape index (κ1) is 26.8. The van der Waals surface area contributed by atoms with Gasteiger partial charge < -0.3 is 9.47 Å². The monoisotopic (exact) mass is 584 g/mol. The van der Waals surface area contributed by atoms with Gasteiger partial charge in [-0.05, 0) is 95.5 Å². The maximum Gasteiger partial charge on any atom is 0.0578 e. The van der Waals surface area contributed by atoms with Crippen molar-refractivity contribution in [3.63, 3.8) is 0 Å². The van der Waals surface area contributed by atoms with Gasteiger partial charge in [-0.2, -0.15) is 0 Å². The van der Waals surface area contributed by atoms with Gasteiger partial charge in [-0.1, -0.05) is 112 Å². The first-order chi connectivity index (χ1) is 21.7. The molecule has 45 heavy (non-hydrogen) atoms. The Kier molecular flexibility index (Phi) is 5.50. The molecule has 222 valence electrons. The third-order valence-electron chi connectivity index (χ3n) is 11.3. The number of aryl methyl sites for hydroxylation is 1. The van der Waals surface area contributed by atoms with E-state index in [1.54, 1.807) is 5.57 Å². The normalized spacial score (nSPS) is 19.9. The molecule has 4 aliphatic rings. The zero-order chi connectivity index (χ0) is 30.7. The van der Waals surface area contributed by atoms with Crippen LogP contribution >= 0.6 is 0 Å². The van der Waals surface area contributed by atoms with Crippen LogP contribution in [-0.4, -0.2) is 10.6 Å². The maximum absolute atomic E-state index is 2.66. The second-order valence-corrected chi connectivity index (χ2v) is 14.6. The molecule has 0 bridgehead atoms. The number of fused-ring (bicyclic) bond motifs is 7. The van der Waals surface area contributed by atoms with Crippen molar-refractivity contribution in [2.75, 3.05) is 4.90 Å². The molecule has 0 spiro atoms. The molecule has 5 aromatic rings. The molecule has 0 amide bonds. The van der Waals surface area contributed by atoms with Crippen molar-refractivity contribution >= 4 is 28.2 Å². The van der Waals surface area contributed by atoms with Crippen molar-refractivity contribution in [1.82, 2.24) is 4.57 Å². The summed E-state index contributed by atoms with van der Waals surface area (Å²) < 4.78 is 2.55. The van der Waals surface area contributed by atoms with Crippen molar-refractivity contribution in [3.8, 4) is 5.69 Å². The molecular formula is C43H40N2. The van der Waals surface area contributed by atoms with Crippen LogP contribution in [0.3, 0.4) is 0 Å². The summed E-state index contributed by atoms with van der Waals surface area (Å²) >= 11 is 0. The Hall–Kier alpha value is -4.56. The lowest BCUT2D eigenvalue weighted by Gasteiger charge is -2.38. The first-order valence-electron chi connectivity index (χ1n) is 16.6. The molecule has 0 saturated heterocycles. The summed E-state index contributed by atoms with van der Waals surface area (Å²) in [4.78, 5) is 2.66. The largest absolute Gasteiger partial charge is 0.338 e. The lowest BCUT2D eigenvalue weighted by molar-refractivity contribution is 0.627. The molecule has 2 nitrogen and oxygen atoms in total. The highest BCUT2D eigenvalue weighted by Crippen LogP contribution is 2.52. The van der Waals surface area contributed by atoms with E-state index in [4.69, 9.17) is 0 Å². The second kappa shape index (κ2) is 9.23. The van der Waals surface area contributed by atoms with Crippen molar-refractivity contribution < 1.29 is 0 Å². The van der Waals surface area contributed by atoms with Gasteiger partial charge in [0.05, 0.1) is 17.2 Å². The number of hydrogen-bond acceptors (Lipinski definition) is 1.